The monoisotopic (exact) mass is 440 g/mol. The van der Waals surface area contributed by atoms with Crippen molar-refractivity contribution in [2.45, 2.75) is 11.4 Å². The molecule has 0 saturated carbocycles. The molecule has 0 saturated heterocycles. The lowest BCUT2D eigenvalue weighted by molar-refractivity contribution is 0.0951. The van der Waals surface area contributed by atoms with Gasteiger partial charge in [-0.05, 0) is 56.1 Å². The molecule has 0 fully saturated rings. The molecule has 3 aromatic rings. The smallest absolute Gasteiger partial charge is 0.255 e. The number of nitrogens with one attached hydrogen (secondary N) is 1. The molecule has 7 heteroatoms. The van der Waals surface area contributed by atoms with Crippen LogP contribution in [0.5, 0.6) is 0 Å². The molecule has 0 atom stereocenters. The summed E-state index contributed by atoms with van der Waals surface area (Å²) in [5.41, 5.74) is 2.50. The molecule has 1 aromatic carbocycles. The number of anilines is 1. The number of nitrogens with zero attached hydrogens (tertiary/aromatic N) is 3. The highest BCUT2D eigenvalue weighted by Gasteiger charge is 2.18. The summed E-state index contributed by atoms with van der Waals surface area (Å²) in [5.74, 6) is 0.596. The fourth-order valence-electron chi connectivity index (χ4n) is 2.97. The highest BCUT2D eigenvalue weighted by molar-refractivity contribution is 7.98. The van der Waals surface area contributed by atoms with Gasteiger partial charge in [0.25, 0.3) is 5.91 Å². The maximum atomic E-state index is 12.9. The van der Waals surface area contributed by atoms with Crippen molar-refractivity contribution in [1.29, 1.82) is 0 Å². The summed E-state index contributed by atoms with van der Waals surface area (Å²) in [6.45, 7) is 2.18. The van der Waals surface area contributed by atoms with Crippen LogP contribution >= 0.6 is 23.1 Å². The van der Waals surface area contributed by atoms with Crippen LogP contribution in [0.25, 0.3) is 11.3 Å². The number of amides is 1. The Morgan fingerprint density at radius 2 is 1.83 bits per heavy atom. The Balaban J connectivity index is 1.88. The molecule has 30 heavy (non-hydrogen) atoms. The second-order valence-corrected chi connectivity index (χ2v) is 9.19. The zero-order valence-corrected chi connectivity index (χ0v) is 19.5. The number of thioether (sulfide) groups is 1. The minimum Gasteiger partial charge on any atom is -0.358 e. The average molecular weight is 441 g/mol. The van der Waals surface area contributed by atoms with Gasteiger partial charge in [-0.25, -0.2) is 4.98 Å². The summed E-state index contributed by atoms with van der Waals surface area (Å²) in [7, 11) is 6.07. The van der Waals surface area contributed by atoms with Crippen molar-refractivity contribution in [3.05, 3.63) is 64.4 Å². The van der Waals surface area contributed by atoms with Gasteiger partial charge in [0.1, 0.15) is 5.82 Å². The van der Waals surface area contributed by atoms with E-state index >= 15 is 0 Å². The first kappa shape index (κ1) is 22.3. The van der Waals surface area contributed by atoms with Gasteiger partial charge in [0.15, 0.2) is 0 Å². The van der Waals surface area contributed by atoms with Crippen molar-refractivity contribution in [2.75, 3.05) is 45.4 Å². The third kappa shape index (κ3) is 5.84. The minimum atomic E-state index is -0.105. The van der Waals surface area contributed by atoms with Crippen molar-refractivity contribution >= 4 is 34.8 Å². The summed E-state index contributed by atoms with van der Waals surface area (Å²) < 4.78 is 0. The van der Waals surface area contributed by atoms with E-state index in [0.717, 1.165) is 29.2 Å². The van der Waals surface area contributed by atoms with E-state index in [9.17, 15) is 4.79 Å². The van der Waals surface area contributed by atoms with Crippen molar-refractivity contribution in [3.8, 4) is 11.3 Å². The molecule has 0 spiro atoms. The van der Waals surface area contributed by atoms with E-state index in [4.69, 9.17) is 4.98 Å². The molecular weight excluding hydrogens is 412 g/mol. The maximum Gasteiger partial charge on any atom is 0.255 e. The van der Waals surface area contributed by atoms with E-state index in [0.29, 0.717) is 17.9 Å². The fraction of sp³-hybridized carbons (Fsp3) is 0.304. The molecule has 0 radical (unpaired) electrons. The van der Waals surface area contributed by atoms with E-state index in [-0.39, 0.29) is 5.91 Å². The molecule has 1 N–H and O–H groups in total. The number of rotatable bonds is 9. The van der Waals surface area contributed by atoms with Crippen molar-refractivity contribution < 1.29 is 4.79 Å². The molecule has 0 aliphatic heterocycles. The number of pyridine rings is 1. The molecule has 5 nitrogen and oxygen atoms in total. The third-order valence-corrected chi connectivity index (χ3v) is 6.37. The molecule has 0 aliphatic rings. The highest BCUT2D eigenvalue weighted by Crippen LogP contribution is 2.26. The number of carbonyl (C=O) groups is 1. The van der Waals surface area contributed by atoms with Crippen LogP contribution < -0.4 is 10.2 Å². The van der Waals surface area contributed by atoms with E-state index in [1.54, 1.807) is 23.1 Å². The van der Waals surface area contributed by atoms with Gasteiger partial charge in [0.2, 0.25) is 0 Å². The van der Waals surface area contributed by atoms with Crippen molar-refractivity contribution in [2.24, 2.45) is 0 Å². The molecule has 2 heterocycles. The van der Waals surface area contributed by atoms with Gasteiger partial charge in [-0.15, -0.1) is 23.1 Å². The Kier molecular flexibility index (Phi) is 7.90. The van der Waals surface area contributed by atoms with E-state index in [1.807, 2.05) is 50.8 Å². The van der Waals surface area contributed by atoms with Gasteiger partial charge >= 0.3 is 0 Å². The van der Waals surface area contributed by atoms with Crippen LogP contribution in [0.4, 0.5) is 5.82 Å². The number of hydrogen-bond acceptors (Lipinski definition) is 6. The molecule has 158 valence electrons. The van der Waals surface area contributed by atoms with Crippen LogP contribution in [0, 0.1) is 0 Å². The minimum absolute atomic E-state index is 0.105. The van der Waals surface area contributed by atoms with Gasteiger partial charge in [-0.3, -0.25) is 4.79 Å². The maximum absolute atomic E-state index is 12.9. The molecule has 0 bridgehead atoms. The highest BCUT2D eigenvalue weighted by atomic mass is 32.2. The zero-order chi connectivity index (χ0) is 21.5. The van der Waals surface area contributed by atoms with Crippen LogP contribution in [0.15, 0.2) is 58.8 Å². The van der Waals surface area contributed by atoms with Crippen LogP contribution in [-0.2, 0) is 6.54 Å². The lowest BCUT2D eigenvalue weighted by Gasteiger charge is -2.23. The molecular formula is C23H28N4OS2. The number of aromatic nitrogens is 1. The lowest BCUT2D eigenvalue weighted by atomic mass is 10.1. The van der Waals surface area contributed by atoms with Gasteiger partial charge in [-0.2, -0.15) is 0 Å². The summed E-state index contributed by atoms with van der Waals surface area (Å²) in [6.07, 6.45) is 2.06. The number of benzene rings is 1. The number of hydrogen-bond donors (Lipinski definition) is 1. The zero-order valence-electron chi connectivity index (χ0n) is 17.9. The quantitative estimate of drug-likeness (QED) is 0.498. The second-order valence-electron chi connectivity index (χ2n) is 7.28. The van der Waals surface area contributed by atoms with E-state index in [1.165, 1.54) is 4.90 Å². The molecule has 1 amide bonds. The predicted molar refractivity (Wildman–Crippen MR) is 129 cm³/mol. The van der Waals surface area contributed by atoms with E-state index in [2.05, 4.69) is 45.6 Å². The molecule has 0 aliphatic carbocycles. The average Bonchev–Trinajstić information content (AvgIpc) is 3.29. The Hall–Kier alpha value is -2.35. The van der Waals surface area contributed by atoms with Gasteiger partial charge in [0, 0.05) is 35.5 Å². The Morgan fingerprint density at radius 3 is 2.47 bits per heavy atom. The van der Waals surface area contributed by atoms with Gasteiger partial charge in [-0.1, -0.05) is 18.2 Å². The summed E-state index contributed by atoms with van der Waals surface area (Å²) >= 11 is 3.35. The molecule has 0 unspecified atom stereocenters. The Bertz CT molecular complexity index is 956. The third-order valence-electron chi connectivity index (χ3n) is 4.75. The van der Waals surface area contributed by atoms with Gasteiger partial charge < -0.3 is 15.1 Å². The Labute approximate surface area is 187 Å². The summed E-state index contributed by atoms with van der Waals surface area (Å²) in [4.78, 5) is 24.4. The largest absolute Gasteiger partial charge is 0.358 e. The Morgan fingerprint density at radius 1 is 1.07 bits per heavy atom. The SMILES string of the molecule is CSc1ccc(-c2ccc(C(=O)NCc3cccs3)c(N(C)CCN(C)C)n2)cc1. The first-order valence-corrected chi connectivity index (χ1v) is 11.9. The molecule has 2 aromatic heterocycles. The van der Waals surface area contributed by atoms with Crippen LogP contribution in [-0.4, -0.2) is 56.3 Å². The van der Waals surface area contributed by atoms with Gasteiger partial charge in [0.05, 0.1) is 17.8 Å². The second kappa shape index (κ2) is 10.6. The summed E-state index contributed by atoms with van der Waals surface area (Å²) in [6, 6.07) is 16.2. The number of likely N-dealkylation sites (N-methyl/N-ethyl adjacent to an activating group) is 2. The van der Waals surface area contributed by atoms with Crippen LogP contribution in [0.2, 0.25) is 0 Å². The first-order chi connectivity index (χ1) is 14.5. The number of carbonyl (C=O) groups excluding carboxylic acids is 1. The fourth-order valence-corrected chi connectivity index (χ4v) is 4.02. The summed E-state index contributed by atoms with van der Waals surface area (Å²) in [5, 5.41) is 5.04. The van der Waals surface area contributed by atoms with Crippen LogP contribution in [0.1, 0.15) is 15.2 Å². The predicted octanol–water partition coefficient (Wildman–Crippen LogP) is 4.46. The topological polar surface area (TPSA) is 48.5 Å². The normalized spacial score (nSPS) is 11.0. The first-order valence-electron chi connectivity index (χ1n) is 9.80. The number of thiophene rings is 1. The standard InChI is InChI=1S/C23H28N4OS2/c1-26(2)13-14-27(3)22-20(23(28)24-16-19-6-5-15-30-19)11-12-21(25-22)17-7-9-18(29-4)10-8-17/h5-12,15H,13-14,16H2,1-4H3,(H,24,28). The molecule has 3 rings (SSSR count). The lowest BCUT2D eigenvalue weighted by Crippen LogP contribution is -2.32. The van der Waals surface area contributed by atoms with Crippen molar-refractivity contribution in [3.63, 3.8) is 0 Å². The van der Waals surface area contributed by atoms with Crippen molar-refractivity contribution in [1.82, 2.24) is 15.2 Å². The van der Waals surface area contributed by atoms with Crippen LogP contribution in [0.3, 0.4) is 0 Å². The van der Waals surface area contributed by atoms with E-state index < -0.39 is 0 Å².